The number of fused-ring (bicyclic) bond motifs is 1. The van der Waals surface area contributed by atoms with Gasteiger partial charge in [-0.25, -0.2) is 4.79 Å². The Morgan fingerprint density at radius 3 is 2.40 bits per heavy atom. The third kappa shape index (κ3) is 4.44. The molecule has 30 heavy (non-hydrogen) atoms. The summed E-state index contributed by atoms with van der Waals surface area (Å²) in [7, 11) is -1.39. The van der Waals surface area contributed by atoms with E-state index in [1.807, 2.05) is 0 Å². The monoisotopic (exact) mass is 451 g/mol. The molecule has 2 aliphatic rings. The molecule has 164 valence electrons. The number of carboxylic acids is 1. The summed E-state index contributed by atoms with van der Waals surface area (Å²) in [6.45, 7) is 10.3. The lowest BCUT2D eigenvalue weighted by Gasteiger charge is -2.49. The molecular weight excluding hydrogens is 422 g/mol. The number of aliphatic hydroxyl groups is 1. The van der Waals surface area contributed by atoms with Crippen molar-refractivity contribution < 1.29 is 29.0 Å². The molecule has 0 radical (unpaired) electrons. The molecule has 0 bridgehead atoms. The van der Waals surface area contributed by atoms with Gasteiger partial charge in [0, 0.05) is 0 Å². The Morgan fingerprint density at radius 1 is 1.27 bits per heavy atom. The second-order valence-corrected chi connectivity index (χ2v) is 12.5. The highest BCUT2D eigenvalue weighted by Crippen LogP contribution is 2.53. The predicted molar refractivity (Wildman–Crippen MR) is 117 cm³/mol. The first-order valence-electron chi connectivity index (χ1n) is 9.98. The Balaban J connectivity index is 1.78. The number of hydrogen-bond acceptors (Lipinski definition) is 6. The second kappa shape index (κ2) is 8.74. The van der Waals surface area contributed by atoms with Crippen LogP contribution in [-0.2, 0) is 20.6 Å². The molecule has 1 aromatic rings. The molecular formula is C21H29NO6SSi. The van der Waals surface area contributed by atoms with E-state index in [1.165, 1.54) is 16.7 Å². The van der Waals surface area contributed by atoms with Gasteiger partial charge in [0.05, 0.1) is 23.5 Å². The fourth-order valence-corrected chi connectivity index (χ4v) is 6.35. The van der Waals surface area contributed by atoms with Gasteiger partial charge in [0.2, 0.25) is 5.91 Å². The highest BCUT2D eigenvalue weighted by Gasteiger charge is 2.60. The lowest BCUT2D eigenvalue weighted by Crippen LogP contribution is -2.64. The number of benzene rings is 1. The highest BCUT2D eigenvalue weighted by atomic mass is 32.2. The standard InChI is InChI=1S/C21H29NO6SSi/c1-21(2,3)17(28-30(4)5)15-18(24)22-16(20(25)26)14(29-19(15)22)11-27-13-8-6-12(10-23)7-9-13/h6-9,15,17,19,23,30H,10-11H2,1-5H3,(H,25,26)/t15-,17+,19+/m0/s1. The average Bonchev–Trinajstić information content (AvgIpc) is 3.00. The van der Waals surface area contributed by atoms with Gasteiger partial charge >= 0.3 is 5.97 Å². The number of thioether (sulfide) groups is 1. The van der Waals surface area contributed by atoms with Crippen molar-refractivity contribution in [3.05, 3.63) is 40.4 Å². The Morgan fingerprint density at radius 2 is 1.90 bits per heavy atom. The number of carbonyl (C=O) groups is 2. The Hall–Kier alpha value is -1.81. The Bertz CT molecular complexity index is 848. The topological polar surface area (TPSA) is 96.3 Å². The van der Waals surface area contributed by atoms with E-state index in [-0.39, 0.29) is 47.6 Å². The average molecular weight is 452 g/mol. The zero-order valence-electron chi connectivity index (χ0n) is 17.9. The number of aliphatic hydroxyl groups excluding tert-OH is 1. The summed E-state index contributed by atoms with van der Waals surface area (Å²) >= 11 is 1.38. The number of rotatable bonds is 8. The quantitative estimate of drug-likeness (QED) is 0.463. The molecule has 2 heterocycles. The van der Waals surface area contributed by atoms with Gasteiger partial charge in [-0.2, -0.15) is 0 Å². The molecule has 9 heteroatoms. The lowest BCUT2D eigenvalue weighted by molar-refractivity contribution is -0.160. The molecule has 3 rings (SSSR count). The fourth-order valence-electron chi connectivity index (χ4n) is 3.75. The summed E-state index contributed by atoms with van der Waals surface area (Å²) < 4.78 is 12.0. The minimum atomic E-state index is -1.39. The van der Waals surface area contributed by atoms with Gasteiger partial charge in [-0.3, -0.25) is 9.69 Å². The van der Waals surface area contributed by atoms with Crippen LogP contribution in [0.15, 0.2) is 34.9 Å². The number of aliphatic carboxylic acids is 1. The predicted octanol–water partition coefficient (Wildman–Crippen LogP) is 2.80. The maximum atomic E-state index is 13.0. The van der Waals surface area contributed by atoms with Crippen LogP contribution in [0.2, 0.25) is 13.1 Å². The van der Waals surface area contributed by atoms with Crippen LogP contribution in [0.5, 0.6) is 5.75 Å². The molecule has 0 spiro atoms. The molecule has 7 nitrogen and oxygen atoms in total. The van der Waals surface area contributed by atoms with Crippen molar-refractivity contribution in [3.8, 4) is 5.75 Å². The summed E-state index contributed by atoms with van der Waals surface area (Å²) in [5, 5.41) is 18.6. The summed E-state index contributed by atoms with van der Waals surface area (Å²) in [5.41, 5.74) is 0.539. The summed E-state index contributed by atoms with van der Waals surface area (Å²) in [5.74, 6) is -1.12. The normalized spacial score (nSPS) is 22.2. The third-order valence-corrected chi connectivity index (χ3v) is 7.31. The molecule has 0 aromatic heterocycles. The first-order valence-corrected chi connectivity index (χ1v) is 13.6. The minimum Gasteiger partial charge on any atom is -0.488 e. The van der Waals surface area contributed by atoms with Gasteiger partial charge in [-0.15, -0.1) is 0 Å². The number of ether oxygens (including phenoxy) is 1. The molecule has 1 saturated heterocycles. The summed E-state index contributed by atoms with van der Waals surface area (Å²) in [6.07, 6.45) is -0.258. The Kier molecular flexibility index (Phi) is 6.66. The number of β-lactam (4-membered cyclic amide) rings is 1. The molecule has 0 unspecified atom stereocenters. The van der Waals surface area contributed by atoms with Crippen molar-refractivity contribution in [1.29, 1.82) is 0 Å². The molecule has 0 aliphatic carbocycles. The van der Waals surface area contributed by atoms with Crippen LogP contribution in [0.25, 0.3) is 0 Å². The first-order chi connectivity index (χ1) is 14.0. The van der Waals surface area contributed by atoms with E-state index in [0.29, 0.717) is 10.7 Å². The zero-order chi connectivity index (χ0) is 22.2. The number of carboxylic acid groups (broad SMARTS) is 1. The Labute approximate surface area is 182 Å². The maximum absolute atomic E-state index is 13.0. The molecule has 1 fully saturated rings. The molecule has 0 saturated carbocycles. The van der Waals surface area contributed by atoms with Crippen LogP contribution in [0.3, 0.4) is 0 Å². The van der Waals surface area contributed by atoms with E-state index >= 15 is 0 Å². The third-order valence-electron chi connectivity index (χ3n) is 5.13. The fraction of sp³-hybridized carbons (Fsp3) is 0.524. The molecule has 3 atom stereocenters. The first kappa shape index (κ1) is 22.9. The lowest BCUT2D eigenvalue weighted by atomic mass is 9.77. The van der Waals surface area contributed by atoms with Gasteiger partial charge < -0.3 is 19.4 Å². The van der Waals surface area contributed by atoms with Crippen LogP contribution in [0.1, 0.15) is 26.3 Å². The van der Waals surface area contributed by atoms with Crippen molar-refractivity contribution in [2.75, 3.05) is 6.61 Å². The molecule has 1 amide bonds. The van der Waals surface area contributed by atoms with Crippen LogP contribution in [0.4, 0.5) is 0 Å². The molecule has 2 aliphatic heterocycles. The van der Waals surface area contributed by atoms with E-state index in [9.17, 15) is 14.7 Å². The number of carbonyl (C=O) groups excluding carboxylic acids is 1. The van der Waals surface area contributed by atoms with E-state index in [0.717, 1.165) is 5.56 Å². The van der Waals surface area contributed by atoms with Crippen molar-refractivity contribution >= 4 is 32.7 Å². The van der Waals surface area contributed by atoms with E-state index < -0.39 is 15.0 Å². The summed E-state index contributed by atoms with van der Waals surface area (Å²) in [4.78, 5) is 26.8. The van der Waals surface area contributed by atoms with Crippen molar-refractivity contribution in [2.45, 2.75) is 51.9 Å². The van der Waals surface area contributed by atoms with Gasteiger partial charge in [0.1, 0.15) is 23.4 Å². The maximum Gasteiger partial charge on any atom is 0.353 e. The van der Waals surface area contributed by atoms with Crippen LogP contribution in [-0.4, -0.2) is 54.1 Å². The SMILES string of the molecule is C[SiH](C)O[C@H]([C@H]1C(=O)N2C(C(=O)O)=C(COc3ccc(CO)cc3)S[C@H]12)C(C)(C)C. The van der Waals surface area contributed by atoms with E-state index in [4.69, 9.17) is 14.3 Å². The molecule has 1 aromatic carbocycles. The van der Waals surface area contributed by atoms with Crippen LogP contribution >= 0.6 is 11.8 Å². The highest BCUT2D eigenvalue weighted by molar-refractivity contribution is 8.04. The molecule has 2 N–H and O–H groups in total. The number of amides is 1. The minimum absolute atomic E-state index is 0.00711. The smallest absolute Gasteiger partial charge is 0.353 e. The van der Waals surface area contributed by atoms with Gasteiger partial charge in [0.25, 0.3) is 0 Å². The van der Waals surface area contributed by atoms with Gasteiger partial charge in [-0.1, -0.05) is 44.7 Å². The zero-order valence-corrected chi connectivity index (χ0v) is 19.9. The number of hydrogen-bond donors (Lipinski definition) is 2. The summed E-state index contributed by atoms with van der Waals surface area (Å²) in [6, 6.07) is 6.95. The van der Waals surface area contributed by atoms with Gasteiger partial charge in [0.15, 0.2) is 9.04 Å². The van der Waals surface area contributed by atoms with Crippen LogP contribution in [0, 0.1) is 11.3 Å². The largest absolute Gasteiger partial charge is 0.488 e. The van der Waals surface area contributed by atoms with Crippen molar-refractivity contribution in [1.82, 2.24) is 4.90 Å². The van der Waals surface area contributed by atoms with E-state index in [1.54, 1.807) is 24.3 Å². The van der Waals surface area contributed by atoms with E-state index in [2.05, 4.69) is 33.9 Å². The van der Waals surface area contributed by atoms with Crippen molar-refractivity contribution in [2.24, 2.45) is 11.3 Å². The number of nitrogens with zero attached hydrogens (tertiary/aromatic N) is 1. The van der Waals surface area contributed by atoms with Crippen molar-refractivity contribution in [3.63, 3.8) is 0 Å². The second-order valence-electron chi connectivity index (χ2n) is 8.88. The van der Waals surface area contributed by atoms with Crippen LogP contribution < -0.4 is 4.74 Å². The van der Waals surface area contributed by atoms with Gasteiger partial charge in [-0.05, 0) is 36.2 Å².